The summed E-state index contributed by atoms with van der Waals surface area (Å²) >= 11 is 0. The van der Waals surface area contributed by atoms with Crippen molar-refractivity contribution in [2.24, 2.45) is 17.3 Å². The molecule has 0 saturated heterocycles. The Kier molecular flexibility index (Phi) is 2.82. The SMILES string of the molecule is CC(=O)C1=C(NC(=O)c2ccccc2)C[C@@H]2[C@@H]1C2(C)C. The minimum atomic E-state index is -0.126. The Labute approximate surface area is 119 Å². The molecule has 0 spiro atoms. The van der Waals surface area contributed by atoms with Gasteiger partial charge in [-0.15, -0.1) is 0 Å². The van der Waals surface area contributed by atoms with Crippen LogP contribution in [0.5, 0.6) is 0 Å². The van der Waals surface area contributed by atoms with Crippen LogP contribution >= 0.6 is 0 Å². The van der Waals surface area contributed by atoms with Crippen LogP contribution in [0.2, 0.25) is 0 Å². The summed E-state index contributed by atoms with van der Waals surface area (Å²) in [6.45, 7) is 5.99. The van der Waals surface area contributed by atoms with E-state index in [1.54, 1.807) is 19.1 Å². The van der Waals surface area contributed by atoms with Crippen molar-refractivity contribution in [2.75, 3.05) is 0 Å². The molecular weight excluding hydrogens is 250 g/mol. The van der Waals surface area contributed by atoms with Crippen LogP contribution < -0.4 is 5.32 Å². The summed E-state index contributed by atoms with van der Waals surface area (Å²) in [7, 11) is 0. The van der Waals surface area contributed by atoms with Crippen molar-refractivity contribution in [3.8, 4) is 0 Å². The van der Waals surface area contributed by atoms with Crippen LogP contribution in [0.4, 0.5) is 0 Å². The first-order valence-electron chi connectivity index (χ1n) is 7.03. The number of Topliss-reactive ketones (excluding diaryl/α,β-unsaturated/α-hetero) is 1. The molecule has 104 valence electrons. The second-order valence-electron chi connectivity index (χ2n) is 6.38. The number of hydrogen-bond donors (Lipinski definition) is 1. The summed E-state index contributed by atoms with van der Waals surface area (Å²) in [4.78, 5) is 24.1. The van der Waals surface area contributed by atoms with Gasteiger partial charge >= 0.3 is 0 Å². The fourth-order valence-corrected chi connectivity index (χ4v) is 3.56. The standard InChI is InChI=1S/C17H19NO2/c1-10(19)14-13(9-12-15(14)17(12,2)3)18-16(20)11-7-5-4-6-8-11/h4-8,12,15H,9H2,1-3H3,(H,18,20)/t12-,15+/m1/s1. The predicted molar refractivity (Wildman–Crippen MR) is 77.0 cm³/mol. The van der Waals surface area contributed by atoms with E-state index >= 15 is 0 Å². The number of allylic oxidation sites excluding steroid dienone is 2. The third kappa shape index (κ3) is 1.89. The molecule has 2 aliphatic rings. The average Bonchev–Trinajstić information content (AvgIpc) is 2.77. The first-order valence-corrected chi connectivity index (χ1v) is 7.03. The van der Waals surface area contributed by atoms with E-state index in [4.69, 9.17) is 0 Å². The zero-order valence-electron chi connectivity index (χ0n) is 12.1. The Bertz CT molecular complexity index is 613. The van der Waals surface area contributed by atoms with Gasteiger partial charge in [-0.2, -0.15) is 0 Å². The molecule has 2 atom stereocenters. The van der Waals surface area contributed by atoms with Crippen LogP contribution in [0, 0.1) is 17.3 Å². The van der Waals surface area contributed by atoms with Gasteiger partial charge in [-0.25, -0.2) is 0 Å². The molecule has 0 aliphatic heterocycles. The van der Waals surface area contributed by atoms with Crippen LogP contribution in [0.1, 0.15) is 37.6 Å². The number of carbonyl (C=O) groups is 2. The van der Waals surface area contributed by atoms with E-state index in [-0.39, 0.29) is 17.1 Å². The predicted octanol–water partition coefficient (Wildman–Crippen LogP) is 2.94. The summed E-state index contributed by atoms with van der Waals surface area (Å²) in [6, 6.07) is 9.12. The van der Waals surface area contributed by atoms with E-state index in [1.807, 2.05) is 18.2 Å². The molecule has 0 aromatic heterocycles. The van der Waals surface area contributed by atoms with Gasteiger partial charge in [0.2, 0.25) is 0 Å². The van der Waals surface area contributed by atoms with Crippen LogP contribution in [0.3, 0.4) is 0 Å². The van der Waals surface area contributed by atoms with Crippen molar-refractivity contribution in [1.82, 2.24) is 5.32 Å². The lowest BCUT2D eigenvalue weighted by atomic mass is 9.96. The number of benzene rings is 1. The minimum absolute atomic E-state index is 0.0893. The molecule has 20 heavy (non-hydrogen) atoms. The van der Waals surface area contributed by atoms with Gasteiger partial charge in [0.25, 0.3) is 5.91 Å². The maximum atomic E-state index is 12.2. The molecule has 2 aliphatic carbocycles. The van der Waals surface area contributed by atoms with E-state index in [0.29, 0.717) is 17.4 Å². The van der Waals surface area contributed by atoms with Gasteiger partial charge in [-0.3, -0.25) is 9.59 Å². The van der Waals surface area contributed by atoms with Crippen molar-refractivity contribution in [3.63, 3.8) is 0 Å². The summed E-state index contributed by atoms with van der Waals surface area (Å²) in [6.07, 6.45) is 0.811. The second kappa shape index (κ2) is 4.30. The summed E-state index contributed by atoms with van der Waals surface area (Å²) in [5, 5.41) is 2.95. The topological polar surface area (TPSA) is 46.2 Å². The van der Waals surface area contributed by atoms with E-state index in [0.717, 1.165) is 17.7 Å². The van der Waals surface area contributed by atoms with Gasteiger partial charge in [0.1, 0.15) is 0 Å². The summed E-state index contributed by atoms with van der Waals surface area (Å²) in [5.41, 5.74) is 2.51. The number of hydrogen-bond acceptors (Lipinski definition) is 2. The normalized spacial score (nSPS) is 26.1. The Hall–Kier alpha value is -1.90. The van der Waals surface area contributed by atoms with Crippen LogP contribution in [0.15, 0.2) is 41.6 Å². The van der Waals surface area contributed by atoms with Crippen molar-refractivity contribution >= 4 is 11.7 Å². The summed E-state index contributed by atoms with van der Waals surface area (Å²) < 4.78 is 0. The highest BCUT2D eigenvalue weighted by Gasteiger charge is 2.63. The van der Waals surface area contributed by atoms with Gasteiger partial charge in [-0.1, -0.05) is 32.0 Å². The molecule has 1 aromatic rings. The molecule has 0 radical (unpaired) electrons. The third-order valence-electron chi connectivity index (χ3n) is 4.79. The third-order valence-corrected chi connectivity index (χ3v) is 4.79. The van der Waals surface area contributed by atoms with Crippen LogP contribution in [-0.4, -0.2) is 11.7 Å². The van der Waals surface area contributed by atoms with E-state index in [9.17, 15) is 9.59 Å². The smallest absolute Gasteiger partial charge is 0.255 e. The van der Waals surface area contributed by atoms with E-state index < -0.39 is 0 Å². The first-order chi connectivity index (χ1) is 9.43. The van der Waals surface area contributed by atoms with Crippen molar-refractivity contribution in [1.29, 1.82) is 0 Å². The molecule has 1 amide bonds. The highest BCUT2D eigenvalue weighted by Crippen LogP contribution is 2.68. The molecule has 0 bridgehead atoms. The maximum Gasteiger partial charge on any atom is 0.255 e. The first kappa shape index (κ1) is 13.1. The van der Waals surface area contributed by atoms with Crippen molar-refractivity contribution in [3.05, 3.63) is 47.2 Å². The Morgan fingerprint density at radius 2 is 1.85 bits per heavy atom. The lowest BCUT2D eigenvalue weighted by Gasteiger charge is -2.15. The zero-order valence-corrected chi connectivity index (χ0v) is 12.1. The fraction of sp³-hybridized carbons (Fsp3) is 0.412. The molecule has 0 unspecified atom stereocenters. The minimum Gasteiger partial charge on any atom is -0.325 e. The zero-order chi connectivity index (χ0) is 14.5. The van der Waals surface area contributed by atoms with Crippen molar-refractivity contribution in [2.45, 2.75) is 27.2 Å². The molecule has 1 aromatic carbocycles. The fourth-order valence-electron chi connectivity index (χ4n) is 3.56. The number of rotatable bonds is 3. The molecular formula is C17H19NO2. The number of fused-ring (bicyclic) bond motifs is 1. The molecule has 1 fully saturated rings. The molecule has 3 heteroatoms. The van der Waals surface area contributed by atoms with Crippen LogP contribution in [-0.2, 0) is 4.79 Å². The molecule has 1 saturated carbocycles. The molecule has 3 rings (SSSR count). The lowest BCUT2D eigenvalue weighted by Crippen LogP contribution is -2.25. The van der Waals surface area contributed by atoms with Crippen LogP contribution in [0.25, 0.3) is 0 Å². The number of carbonyl (C=O) groups excluding carboxylic acids is 2. The van der Waals surface area contributed by atoms with E-state index in [2.05, 4.69) is 19.2 Å². The molecule has 1 N–H and O–H groups in total. The quantitative estimate of drug-likeness (QED) is 0.917. The van der Waals surface area contributed by atoms with Gasteiger partial charge in [-0.05, 0) is 42.7 Å². The Balaban J connectivity index is 1.84. The van der Waals surface area contributed by atoms with Gasteiger partial charge < -0.3 is 5.32 Å². The number of ketones is 1. The van der Waals surface area contributed by atoms with Crippen molar-refractivity contribution < 1.29 is 9.59 Å². The molecule has 3 nitrogen and oxygen atoms in total. The largest absolute Gasteiger partial charge is 0.325 e. The highest BCUT2D eigenvalue weighted by atomic mass is 16.1. The number of nitrogens with one attached hydrogen (secondary N) is 1. The summed E-state index contributed by atoms with van der Waals surface area (Å²) in [5.74, 6) is 0.795. The average molecular weight is 269 g/mol. The second-order valence-corrected chi connectivity index (χ2v) is 6.38. The monoisotopic (exact) mass is 269 g/mol. The van der Waals surface area contributed by atoms with Gasteiger partial charge in [0, 0.05) is 16.8 Å². The lowest BCUT2D eigenvalue weighted by molar-refractivity contribution is -0.114. The Morgan fingerprint density at radius 1 is 1.20 bits per heavy atom. The molecule has 0 heterocycles. The van der Waals surface area contributed by atoms with Gasteiger partial charge in [0.05, 0.1) is 0 Å². The van der Waals surface area contributed by atoms with E-state index in [1.165, 1.54) is 0 Å². The highest BCUT2D eigenvalue weighted by molar-refractivity contribution is 6.00. The Morgan fingerprint density at radius 3 is 2.45 bits per heavy atom. The number of amides is 1. The van der Waals surface area contributed by atoms with Gasteiger partial charge in [0.15, 0.2) is 5.78 Å². The maximum absolute atomic E-state index is 12.2.